The fourth-order valence-electron chi connectivity index (χ4n) is 2.00. The van der Waals surface area contributed by atoms with Gasteiger partial charge in [-0.1, -0.05) is 0 Å². The molecule has 1 aromatic carbocycles. The first kappa shape index (κ1) is 10.0. The molecular formula is C12H11N3O2. The molecule has 2 N–H and O–H groups in total. The highest BCUT2D eigenvalue weighted by Crippen LogP contribution is 2.40. The normalized spacial score (nSPS) is 15.1. The van der Waals surface area contributed by atoms with Crippen LogP contribution in [0.5, 0.6) is 0 Å². The van der Waals surface area contributed by atoms with Gasteiger partial charge in [0.05, 0.1) is 10.4 Å². The van der Waals surface area contributed by atoms with E-state index in [2.05, 4.69) is 4.98 Å². The Bertz CT molecular complexity index is 620. The lowest BCUT2D eigenvalue weighted by molar-refractivity contribution is -0.383. The number of fused-ring (bicyclic) bond motifs is 1. The van der Waals surface area contributed by atoms with E-state index in [0.717, 1.165) is 11.2 Å². The van der Waals surface area contributed by atoms with Crippen LogP contribution in [0, 0.1) is 10.1 Å². The van der Waals surface area contributed by atoms with Crippen LogP contribution in [-0.2, 0) is 0 Å². The zero-order chi connectivity index (χ0) is 12.0. The summed E-state index contributed by atoms with van der Waals surface area (Å²) in [6.07, 6.45) is 2.36. The summed E-state index contributed by atoms with van der Waals surface area (Å²) in [4.78, 5) is 14.8. The molecule has 0 atom stereocenters. The molecule has 86 valence electrons. The maximum atomic E-state index is 10.8. The molecule has 1 aliphatic rings. The topological polar surface area (TPSA) is 82.0 Å². The summed E-state index contributed by atoms with van der Waals surface area (Å²) in [6, 6.07) is 6.83. The summed E-state index contributed by atoms with van der Waals surface area (Å²) in [7, 11) is 0. The molecular weight excluding hydrogens is 218 g/mol. The summed E-state index contributed by atoms with van der Waals surface area (Å²) in [5.41, 5.74) is 7.71. The molecule has 1 heterocycles. The number of hydrogen-bond donors (Lipinski definition) is 1. The van der Waals surface area contributed by atoms with Gasteiger partial charge in [-0.2, -0.15) is 0 Å². The van der Waals surface area contributed by atoms with E-state index in [1.807, 2.05) is 12.1 Å². The fourth-order valence-corrected chi connectivity index (χ4v) is 2.00. The zero-order valence-electron chi connectivity index (χ0n) is 9.09. The predicted molar refractivity (Wildman–Crippen MR) is 64.8 cm³/mol. The van der Waals surface area contributed by atoms with Gasteiger partial charge in [-0.15, -0.1) is 0 Å². The largest absolute Gasteiger partial charge is 0.393 e. The summed E-state index contributed by atoms with van der Waals surface area (Å²) < 4.78 is 0. The molecule has 0 radical (unpaired) electrons. The van der Waals surface area contributed by atoms with E-state index in [1.165, 1.54) is 18.9 Å². The molecule has 3 rings (SSSR count). The van der Waals surface area contributed by atoms with Gasteiger partial charge in [-0.25, -0.2) is 0 Å². The molecule has 0 saturated heterocycles. The highest BCUT2D eigenvalue weighted by Gasteiger charge is 2.25. The van der Waals surface area contributed by atoms with Crippen LogP contribution in [-0.4, -0.2) is 9.91 Å². The Kier molecular flexibility index (Phi) is 2.01. The van der Waals surface area contributed by atoms with Gasteiger partial charge < -0.3 is 5.73 Å². The third-order valence-electron chi connectivity index (χ3n) is 3.10. The molecule has 0 bridgehead atoms. The quantitative estimate of drug-likeness (QED) is 0.487. The monoisotopic (exact) mass is 229 g/mol. The number of nitrogen functional groups attached to an aromatic ring is 1. The molecule has 1 saturated carbocycles. The van der Waals surface area contributed by atoms with Gasteiger partial charge in [-0.05, 0) is 31.0 Å². The molecule has 1 aromatic heterocycles. The third kappa shape index (κ3) is 1.60. The standard InChI is InChI=1S/C12H11N3O2/c13-12-8-3-4-9(7-1-2-7)14-10(8)5-6-11(12)15(16)17/h3-7H,1-2,13H2. The van der Waals surface area contributed by atoms with Gasteiger partial charge in [0.1, 0.15) is 5.69 Å². The Labute approximate surface area is 97.4 Å². The highest BCUT2D eigenvalue weighted by molar-refractivity contribution is 5.95. The Morgan fingerprint density at radius 2 is 2.06 bits per heavy atom. The van der Waals surface area contributed by atoms with Crippen molar-refractivity contribution < 1.29 is 4.92 Å². The Hall–Kier alpha value is -2.17. The second-order valence-electron chi connectivity index (χ2n) is 4.33. The van der Waals surface area contributed by atoms with Crippen LogP contribution in [0.3, 0.4) is 0 Å². The first-order valence-corrected chi connectivity index (χ1v) is 5.50. The number of nitrogens with zero attached hydrogens (tertiary/aromatic N) is 2. The molecule has 5 nitrogen and oxygen atoms in total. The zero-order valence-corrected chi connectivity index (χ0v) is 9.09. The van der Waals surface area contributed by atoms with Gasteiger partial charge in [0.25, 0.3) is 5.69 Å². The highest BCUT2D eigenvalue weighted by atomic mass is 16.6. The average Bonchev–Trinajstić information content (AvgIpc) is 3.12. The lowest BCUT2D eigenvalue weighted by atomic mass is 10.1. The van der Waals surface area contributed by atoms with Crippen molar-refractivity contribution in [2.24, 2.45) is 0 Å². The average molecular weight is 229 g/mol. The first-order chi connectivity index (χ1) is 8.16. The predicted octanol–water partition coefficient (Wildman–Crippen LogP) is 2.60. The molecule has 0 aliphatic heterocycles. The minimum Gasteiger partial charge on any atom is -0.393 e. The van der Waals surface area contributed by atoms with Crippen LogP contribution in [0.15, 0.2) is 24.3 Å². The Balaban J connectivity index is 2.20. The van der Waals surface area contributed by atoms with Gasteiger partial charge in [0, 0.05) is 23.1 Å². The van der Waals surface area contributed by atoms with Crippen molar-refractivity contribution in [3.8, 4) is 0 Å². The molecule has 2 aromatic rings. The number of nitro groups is 1. The molecule has 1 fully saturated rings. The first-order valence-electron chi connectivity index (χ1n) is 5.50. The van der Waals surface area contributed by atoms with Crippen LogP contribution in [0.1, 0.15) is 24.5 Å². The van der Waals surface area contributed by atoms with Crippen molar-refractivity contribution in [3.05, 3.63) is 40.1 Å². The van der Waals surface area contributed by atoms with Gasteiger partial charge >= 0.3 is 0 Å². The van der Waals surface area contributed by atoms with Crippen molar-refractivity contribution in [2.75, 3.05) is 5.73 Å². The van der Waals surface area contributed by atoms with Crippen molar-refractivity contribution in [1.29, 1.82) is 0 Å². The second kappa shape index (κ2) is 3.41. The van der Waals surface area contributed by atoms with Crippen LogP contribution >= 0.6 is 0 Å². The van der Waals surface area contributed by atoms with E-state index >= 15 is 0 Å². The molecule has 17 heavy (non-hydrogen) atoms. The third-order valence-corrected chi connectivity index (χ3v) is 3.10. The SMILES string of the molecule is Nc1c([N+](=O)[O-])ccc2nc(C3CC3)ccc12. The smallest absolute Gasteiger partial charge is 0.292 e. The van der Waals surface area contributed by atoms with Gasteiger partial charge in [0.2, 0.25) is 0 Å². The number of rotatable bonds is 2. The molecule has 0 amide bonds. The molecule has 5 heteroatoms. The van der Waals surface area contributed by atoms with Gasteiger partial charge in [0.15, 0.2) is 0 Å². The molecule has 0 unspecified atom stereocenters. The number of benzene rings is 1. The molecule has 0 spiro atoms. The summed E-state index contributed by atoms with van der Waals surface area (Å²) in [5, 5.41) is 11.4. The number of hydrogen-bond acceptors (Lipinski definition) is 4. The number of nitrogens with two attached hydrogens (primary N) is 1. The summed E-state index contributed by atoms with van der Waals surface area (Å²) in [5.74, 6) is 0.566. The fraction of sp³-hybridized carbons (Fsp3) is 0.250. The van der Waals surface area contributed by atoms with E-state index in [1.54, 1.807) is 6.07 Å². The van der Waals surface area contributed by atoms with E-state index in [4.69, 9.17) is 5.73 Å². The lowest BCUT2D eigenvalue weighted by Crippen LogP contribution is -1.98. The van der Waals surface area contributed by atoms with Crippen molar-refractivity contribution in [1.82, 2.24) is 4.98 Å². The minimum atomic E-state index is -0.469. The number of nitro benzene ring substituents is 1. The van der Waals surface area contributed by atoms with Crippen LogP contribution in [0.2, 0.25) is 0 Å². The van der Waals surface area contributed by atoms with E-state index in [0.29, 0.717) is 11.3 Å². The number of aromatic nitrogens is 1. The maximum absolute atomic E-state index is 10.8. The van der Waals surface area contributed by atoms with Gasteiger partial charge in [-0.3, -0.25) is 15.1 Å². The van der Waals surface area contributed by atoms with Crippen molar-refractivity contribution in [3.63, 3.8) is 0 Å². The van der Waals surface area contributed by atoms with Crippen LogP contribution in [0.4, 0.5) is 11.4 Å². The second-order valence-corrected chi connectivity index (χ2v) is 4.33. The number of pyridine rings is 1. The van der Waals surface area contributed by atoms with Crippen LogP contribution in [0.25, 0.3) is 10.9 Å². The van der Waals surface area contributed by atoms with Crippen molar-refractivity contribution in [2.45, 2.75) is 18.8 Å². The maximum Gasteiger partial charge on any atom is 0.292 e. The van der Waals surface area contributed by atoms with Crippen LogP contribution < -0.4 is 5.73 Å². The molecule has 1 aliphatic carbocycles. The lowest BCUT2D eigenvalue weighted by Gasteiger charge is -2.04. The van der Waals surface area contributed by atoms with Crippen molar-refractivity contribution >= 4 is 22.3 Å². The summed E-state index contributed by atoms with van der Waals surface area (Å²) in [6.45, 7) is 0. The Morgan fingerprint density at radius 3 is 2.71 bits per heavy atom. The summed E-state index contributed by atoms with van der Waals surface area (Å²) >= 11 is 0. The minimum absolute atomic E-state index is 0.0570. The van der Waals surface area contributed by atoms with E-state index in [9.17, 15) is 10.1 Å². The van der Waals surface area contributed by atoms with E-state index < -0.39 is 4.92 Å². The Morgan fingerprint density at radius 1 is 1.29 bits per heavy atom. The van der Waals surface area contributed by atoms with E-state index in [-0.39, 0.29) is 11.4 Å². The number of anilines is 1.